The number of nitrogens with two attached hydrogens (primary N) is 1. The van der Waals surface area contributed by atoms with Gasteiger partial charge in [0.15, 0.2) is 11.6 Å². The van der Waals surface area contributed by atoms with Crippen molar-refractivity contribution in [1.82, 2.24) is 29.9 Å². The molecular formula is C28H16Cl3N9O. The van der Waals surface area contributed by atoms with Gasteiger partial charge in [0, 0.05) is 26.7 Å². The number of H-pyrrole nitrogens is 1. The number of anilines is 2. The first-order chi connectivity index (χ1) is 19.8. The lowest BCUT2D eigenvalue weighted by atomic mass is 10.1. The van der Waals surface area contributed by atoms with Gasteiger partial charge in [0.25, 0.3) is 5.91 Å². The first-order valence-corrected chi connectivity index (χ1v) is 13.1. The van der Waals surface area contributed by atoms with Gasteiger partial charge in [-0.05, 0) is 42.5 Å². The Morgan fingerprint density at radius 3 is 2.39 bits per heavy atom. The van der Waals surface area contributed by atoms with Crippen LogP contribution in [0.25, 0.3) is 39.9 Å². The van der Waals surface area contributed by atoms with Crippen molar-refractivity contribution in [3.05, 3.63) is 99.0 Å². The van der Waals surface area contributed by atoms with E-state index in [4.69, 9.17) is 45.5 Å². The summed E-state index contributed by atoms with van der Waals surface area (Å²) in [4.78, 5) is 20.8. The van der Waals surface area contributed by atoms with Crippen LogP contribution in [0.3, 0.4) is 0 Å². The van der Waals surface area contributed by atoms with E-state index in [2.05, 4.69) is 31.7 Å². The zero-order valence-corrected chi connectivity index (χ0v) is 23.0. The van der Waals surface area contributed by atoms with E-state index in [1.165, 1.54) is 4.68 Å². The average Bonchev–Trinajstić information content (AvgIpc) is 3.53. The second kappa shape index (κ2) is 10.6. The van der Waals surface area contributed by atoms with Crippen LogP contribution in [0.4, 0.5) is 11.6 Å². The molecule has 0 atom stereocenters. The van der Waals surface area contributed by atoms with Crippen molar-refractivity contribution < 1.29 is 4.79 Å². The summed E-state index contributed by atoms with van der Waals surface area (Å²) in [6.07, 6.45) is 0. The topological polar surface area (TPSA) is 151 Å². The lowest BCUT2D eigenvalue weighted by molar-refractivity contribution is 0.102. The van der Waals surface area contributed by atoms with Crippen LogP contribution in [-0.2, 0) is 0 Å². The standard InChI is InChI=1S/C28H16Cl3N9O/c29-16-8-6-14(7-9-16)22-21-25(35-27(41)15-4-2-1-3-5-15)37-38-26(21)36-28(34-22)40-24(33)19(13-32)23(39-40)18-11-10-17(30)12-20(18)31/h1-12H,33H2,(H2,34,35,36,37,38,41). The molecule has 1 aromatic heterocycles. The lowest BCUT2D eigenvalue weighted by Gasteiger charge is -2.13. The molecule has 0 spiro atoms. The molecule has 0 saturated heterocycles. The summed E-state index contributed by atoms with van der Waals surface area (Å²) in [5, 5.41) is 27.0. The van der Waals surface area contributed by atoms with Crippen molar-refractivity contribution in [2.45, 2.75) is 0 Å². The maximum Gasteiger partial charge on any atom is 0.256 e. The maximum absolute atomic E-state index is 12.9. The van der Waals surface area contributed by atoms with E-state index >= 15 is 0 Å². The summed E-state index contributed by atoms with van der Waals surface area (Å²) in [5.74, 6) is 0.305. The first kappa shape index (κ1) is 26.3. The van der Waals surface area contributed by atoms with E-state index in [0.717, 1.165) is 0 Å². The fraction of sp³-hybridized carbons (Fsp3) is 0. The Hall–Kier alpha value is -4.95. The molecule has 0 aliphatic carbocycles. The molecule has 3 aromatic carbocycles. The Morgan fingerprint density at radius 1 is 0.951 bits per heavy atom. The maximum atomic E-state index is 12.9. The van der Waals surface area contributed by atoms with Gasteiger partial charge in [0.2, 0.25) is 5.95 Å². The number of benzene rings is 3. The number of hydrogen-bond donors (Lipinski definition) is 3. The molecule has 41 heavy (non-hydrogen) atoms. The fourth-order valence-corrected chi connectivity index (χ4v) is 4.89. The number of nitrogen functional groups attached to an aromatic ring is 1. The first-order valence-electron chi connectivity index (χ1n) is 12.0. The molecule has 13 heteroatoms. The predicted octanol–water partition coefficient (Wildman–Crippen LogP) is 6.49. The Balaban J connectivity index is 1.53. The average molecular weight is 601 g/mol. The van der Waals surface area contributed by atoms with E-state index in [0.29, 0.717) is 48.8 Å². The third-order valence-corrected chi connectivity index (χ3v) is 7.01. The number of amides is 1. The molecule has 200 valence electrons. The summed E-state index contributed by atoms with van der Waals surface area (Å²) in [7, 11) is 0. The van der Waals surface area contributed by atoms with Crippen molar-refractivity contribution in [2.75, 3.05) is 11.1 Å². The number of carbonyl (C=O) groups is 1. The van der Waals surface area contributed by atoms with E-state index in [1.807, 2.05) is 6.07 Å². The van der Waals surface area contributed by atoms with Gasteiger partial charge < -0.3 is 16.0 Å². The smallest absolute Gasteiger partial charge is 0.256 e. The van der Waals surface area contributed by atoms with Crippen LogP contribution in [0.5, 0.6) is 0 Å². The van der Waals surface area contributed by atoms with Crippen LogP contribution in [0.15, 0.2) is 72.8 Å². The van der Waals surface area contributed by atoms with E-state index < -0.39 is 0 Å². The number of nitriles is 1. The molecule has 4 N–H and O–H groups in total. The van der Waals surface area contributed by atoms with Crippen LogP contribution in [0.1, 0.15) is 15.9 Å². The number of carbonyl (C=O) groups excluding carboxylic acids is 1. The van der Waals surface area contributed by atoms with Gasteiger partial charge in [-0.25, -0.2) is 4.98 Å². The monoisotopic (exact) mass is 599 g/mol. The second-order valence-electron chi connectivity index (χ2n) is 8.76. The van der Waals surface area contributed by atoms with Gasteiger partial charge in [-0.15, -0.1) is 10.2 Å². The minimum absolute atomic E-state index is 0.0239. The number of fused-ring (bicyclic) bond motifs is 1. The van der Waals surface area contributed by atoms with Gasteiger partial charge in [-0.2, -0.15) is 15.0 Å². The molecule has 0 bridgehead atoms. The molecule has 0 saturated carbocycles. The Labute approximate surface area is 247 Å². The molecule has 10 nitrogen and oxygen atoms in total. The highest BCUT2D eigenvalue weighted by Gasteiger charge is 2.27. The van der Waals surface area contributed by atoms with Gasteiger partial charge in [0.1, 0.15) is 23.1 Å². The van der Waals surface area contributed by atoms with Crippen LogP contribution in [0.2, 0.25) is 15.1 Å². The molecular weight excluding hydrogens is 585 g/mol. The largest absolute Gasteiger partial charge is 0.382 e. The lowest BCUT2D eigenvalue weighted by Crippen LogP contribution is -2.13. The quantitative estimate of drug-likeness (QED) is 0.204. The van der Waals surface area contributed by atoms with Gasteiger partial charge in [-0.1, -0.05) is 65.1 Å². The second-order valence-corrected chi connectivity index (χ2v) is 10.0. The summed E-state index contributed by atoms with van der Waals surface area (Å²) < 4.78 is 1.29. The number of hydrogen-bond acceptors (Lipinski definition) is 7. The normalized spacial score (nSPS) is 11.0. The molecule has 0 unspecified atom stereocenters. The van der Waals surface area contributed by atoms with Gasteiger partial charge in [-0.3, -0.25) is 4.79 Å². The minimum Gasteiger partial charge on any atom is -0.382 e. The molecule has 0 fully saturated rings. The van der Waals surface area contributed by atoms with Crippen LogP contribution in [-0.4, -0.2) is 35.9 Å². The number of aromatic amines is 1. The van der Waals surface area contributed by atoms with E-state index in [9.17, 15) is 10.1 Å². The molecule has 6 rings (SSSR count). The Kier molecular flexibility index (Phi) is 6.77. The highest BCUT2D eigenvalue weighted by atomic mass is 35.5. The SMILES string of the molecule is N#Cc1c(-c2ccc(Cl)cc2Cl)nn(-c2nc(-c3ccc(Cl)cc3)c3c(NC(=O)c4ccccc4)nnc-3[nH]2)c1N. The summed E-state index contributed by atoms with van der Waals surface area (Å²) in [6.45, 7) is 0. The van der Waals surface area contributed by atoms with Crippen LogP contribution in [0, 0.1) is 11.3 Å². The number of rotatable bonds is 5. The van der Waals surface area contributed by atoms with Gasteiger partial charge in [0.05, 0.1) is 16.3 Å². The van der Waals surface area contributed by atoms with Crippen molar-refractivity contribution >= 4 is 52.3 Å². The molecule has 2 aliphatic rings. The molecule has 1 amide bonds. The zero-order valence-electron chi connectivity index (χ0n) is 20.7. The van der Waals surface area contributed by atoms with Crippen molar-refractivity contribution in [1.29, 1.82) is 5.26 Å². The van der Waals surface area contributed by atoms with Crippen molar-refractivity contribution in [3.8, 4) is 45.9 Å². The fourth-order valence-electron chi connectivity index (χ4n) is 4.27. The third kappa shape index (κ3) is 4.83. The van der Waals surface area contributed by atoms with Crippen molar-refractivity contribution in [3.63, 3.8) is 0 Å². The number of aromatic nitrogens is 6. The predicted molar refractivity (Wildman–Crippen MR) is 157 cm³/mol. The van der Waals surface area contributed by atoms with E-state index in [-0.39, 0.29) is 34.7 Å². The van der Waals surface area contributed by atoms with Gasteiger partial charge >= 0.3 is 0 Å². The number of nitrogens with zero attached hydrogens (tertiary/aromatic N) is 6. The van der Waals surface area contributed by atoms with E-state index in [1.54, 1.807) is 66.7 Å². The van der Waals surface area contributed by atoms with Crippen LogP contribution < -0.4 is 11.1 Å². The molecule has 4 aromatic rings. The van der Waals surface area contributed by atoms with Crippen molar-refractivity contribution in [2.24, 2.45) is 0 Å². The summed E-state index contributed by atoms with van der Waals surface area (Å²) in [6, 6.07) is 22.6. The molecule has 0 radical (unpaired) electrons. The minimum atomic E-state index is -0.363. The number of halogens is 3. The highest BCUT2D eigenvalue weighted by Crippen LogP contribution is 2.38. The Morgan fingerprint density at radius 2 is 1.68 bits per heavy atom. The summed E-state index contributed by atoms with van der Waals surface area (Å²) >= 11 is 18.6. The van der Waals surface area contributed by atoms with Crippen LogP contribution >= 0.6 is 34.8 Å². The third-order valence-electron chi connectivity index (χ3n) is 6.21. The highest BCUT2D eigenvalue weighted by molar-refractivity contribution is 6.36. The molecule has 3 heterocycles. The Bertz CT molecular complexity index is 1940. The number of nitrogens with one attached hydrogen (secondary N) is 2. The zero-order chi connectivity index (χ0) is 28.7. The summed E-state index contributed by atoms with van der Waals surface area (Å²) in [5.41, 5.74) is 9.18. The molecule has 2 aliphatic heterocycles.